The molecule has 0 amide bonds. The molecule has 0 spiro atoms. The Morgan fingerprint density at radius 2 is 1.89 bits per heavy atom. The van der Waals surface area contributed by atoms with E-state index in [0.29, 0.717) is 0 Å². The molecule has 0 saturated heterocycles. The maximum Gasteiger partial charge on any atom is 0.0960 e. The fourth-order valence-electron chi connectivity index (χ4n) is 2.75. The molecule has 0 fully saturated rings. The number of fused-ring (bicyclic) bond motifs is 2. The largest absolute Gasteiger partial charge is 0.191 e. The summed E-state index contributed by atoms with van der Waals surface area (Å²) < 4.78 is 6.18. The summed E-state index contributed by atoms with van der Waals surface area (Å²) in [7, 11) is 0. The van der Waals surface area contributed by atoms with Crippen LogP contribution in [0.15, 0.2) is 36.4 Å². The van der Waals surface area contributed by atoms with E-state index in [-0.39, 0.29) is 3.74 Å². The van der Waals surface area contributed by atoms with Gasteiger partial charge in [-0.1, -0.05) is 68.3 Å². The van der Waals surface area contributed by atoms with Gasteiger partial charge in [0.25, 0.3) is 0 Å². The highest BCUT2D eigenvalue weighted by Crippen LogP contribution is 2.45. The van der Waals surface area contributed by atoms with Gasteiger partial charge >= 0.3 is 0 Å². The summed E-state index contributed by atoms with van der Waals surface area (Å²) in [6, 6.07) is 13.0. The SMILES string of the molecule is BrC(Br)c1ccc2c3c(nsc13)-c1ccccc1C2. The minimum atomic E-state index is 0.180. The Bertz CT molecular complexity index is 792. The van der Waals surface area contributed by atoms with Gasteiger partial charge in [0.15, 0.2) is 0 Å². The van der Waals surface area contributed by atoms with Crippen molar-refractivity contribution in [3.05, 3.63) is 53.1 Å². The van der Waals surface area contributed by atoms with Gasteiger partial charge in [-0.3, -0.25) is 0 Å². The number of hydrogen-bond donors (Lipinski definition) is 0. The molecule has 4 heteroatoms. The third-order valence-corrected chi connectivity index (χ3v) is 5.51. The van der Waals surface area contributed by atoms with E-state index in [1.165, 1.54) is 32.3 Å². The van der Waals surface area contributed by atoms with E-state index < -0.39 is 0 Å². The van der Waals surface area contributed by atoms with Crippen LogP contribution in [0.25, 0.3) is 21.3 Å². The van der Waals surface area contributed by atoms with Crippen molar-refractivity contribution in [2.24, 2.45) is 0 Å². The molecule has 0 aliphatic heterocycles. The molecular formula is C15H9Br2NS. The molecule has 0 bridgehead atoms. The number of aromatic nitrogens is 1. The molecule has 1 nitrogen and oxygen atoms in total. The molecule has 0 atom stereocenters. The van der Waals surface area contributed by atoms with E-state index in [2.05, 4.69) is 68.3 Å². The van der Waals surface area contributed by atoms with Crippen molar-refractivity contribution in [2.45, 2.75) is 10.2 Å². The number of rotatable bonds is 1. The van der Waals surface area contributed by atoms with E-state index in [1.807, 2.05) is 0 Å². The van der Waals surface area contributed by atoms with Gasteiger partial charge in [0.2, 0.25) is 0 Å². The van der Waals surface area contributed by atoms with E-state index in [0.717, 1.165) is 12.1 Å². The van der Waals surface area contributed by atoms with E-state index in [4.69, 9.17) is 4.37 Å². The summed E-state index contributed by atoms with van der Waals surface area (Å²) in [6.07, 6.45) is 1.01. The third-order valence-electron chi connectivity index (χ3n) is 3.63. The van der Waals surface area contributed by atoms with Crippen LogP contribution in [0.3, 0.4) is 0 Å². The monoisotopic (exact) mass is 393 g/mol. The van der Waals surface area contributed by atoms with Gasteiger partial charge in [-0.05, 0) is 34.6 Å². The maximum absolute atomic E-state index is 4.71. The van der Waals surface area contributed by atoms with Crippen LogP contribution in [0.5, 0.6) is 0 Å². The molecule has 0 N–H and O–H groups in total. The second kappa shape index (κ2) is 4.40. The lowest BCUT2D eigenvalue weighted by molar-refractivity contribution is 1.19. The second-order valence-electron chi connectivity index (χ2n) is 4.68. The molecule has 1 aliphatic rings. The smallest absolute Gasteiger partial charge is 0.0960 e. The average molecular weight is 395 g/mol. The van der Waals surface area contributed by atoms with E-state index in [1.54, 1.807) is 11.5 Å². The van der Waals surface area contributed by atoms with Crippen molar-refractivity contribution >= 4 is 53.5 Å². The molecule has 2 aromatic carbocycles. The van der Waals surface area contributed by atoms with Crippen LogP contribution >= 0.6 is 43.4 Å². The molecule has 4 rings (SSSR count). The zero-order chi connectivity index (χ0) is 13.0. The fraction of sp³-hybridized carbons (Fsp3) is 0.133. The highest BCUT2D eigenvalue weighted by atomic mass is 79.9. The Kier molecular flexibility index (Phi) is 2.79. The molecular weight excluding hydrogens is 386 g/mol. The van der Waals surface area contributed by atoms with Gasteiger partial charge in [0.1, 0.15) is 0 Å². The summed E-state index contributed by atoms with van der Waals surface area (Å²) >= 11 is 8.81. The number of hydrogen-bond acceptors (Lipinski definition) is 2. The number of halogens is 2. The molecule has 1 aliphatic carbocycles. The summed E-state index contributed by atoms with van der Waals surface area (Å²) in [6.45, 7) is 0. The molecule has 19 heavy (non-hydrogen) atoms. The fourth-order valence-corrected chi connectivity index (χ4v) is 4.80. The van der Waals surface area contributed by atoms with Crippen LogP contribution in [0.4, 0.5) is 0 Å². The molecule has 3 aromatic rings. The summed E-state index contributed by atoms with van der Waals surface area (Å²) in [5, 5.41) is 1.34. The van der Waals surface area contributed by atoms with Crippen LogP contribution < -0.4 is 0 Å². The molecule has 94 valence electrons. The lowest BCUT2D eigenvalue weighted by Crippen LogP contribution is -2.00. The quantitative estimate of drug-likeness (QED) is 0.380. The average Bonchev–Trinajstić information content (AvgIpc) is 2.85. The number of nitrogens with zero attached hydrogens (tertiary/aromatic N) is 1. The van der Waals surface area contributed by atoms with Crippen molar-refractivity contribution in [1.29, 1.82) is 0 Å². The summed E-state index contributed by atoms with van der Waals surface area (Å²) in [5.41, 5.74) is 6.48. The minimum Gasteiger partial charge on any atom is -0.191 e. The van der Waals surface area contributed by atoms with Gasteiger partial charge < -0.3 is 0 Å². The van der Waals surface area contributed by atoms with Crippen molar-refractivity contribution in [2.75, 3.05) is 0 Å². The van der Waals surface area contributed by atoms with Crippen LogP contribution in [-0.4, -0.2) is 4.37 Å². The molecule has 0 radical (unpaired) electrons. The zero-order valence-corrected chi connectivity index (χ0v) is 13.8. The maximum atomic E-state index is 4.71. The van der Waals surface area contributed by atoms with Crippen LogP contribution in [0, 0.1) is 0 Å². The highest BCUT2D eigenvalue weighted by Gasteiger charge is 2.23. The molecule has 0 saturated carbocycles. The second-order valence-corrected chi connectivity index (χ2v) is 8.52. The summed E-state index contributed by atoms with van der Waals surface area (Å²) in [5.74, 6) is 0. The van der Waals surface area contributed by atoms with Crippen LogP contribution in [-0.2, 0) is 6.42 Å². The van der Waals surface area contributed by atoms with Crippen LogP contribution in [0.1, 0.15) is 20.4 Å². The first-order valence-electron chi connectivity index (χ1n) is 6.03. The van der Waals surface area contributed by atoms with Gasteiger partial charge in [0, 0.05) is 10.9 Å². The Hall–Kier alpha value is -0.710. The standard InChI is InChI=1S/C15H9Br2NS/c16-15(17)11-6-5-9-7-8-3-1-2-4-10(8)13-12(9)14(11)19-18-13/h1-6,15H,7H2. The van der Waals surface area contributed by atoms with Crippen molar-refractivity contribution in [3.8, 4) is 11.3 Å². The summed E-state index contributed by atoms with van der Waals surface area (Å²) in [4.78, 5) is 0. The lowest BCUT2D eigenvalue weighted by Gasteiger charge is -2.17. The Labute approximate surface area is 132 Å². The predicted molar refractivity (Wildman–Crippen MR) is 88.5 cm³/mol. The van der Waals surface area contributed by atoms with Gasteiger partial charge in [-0.2, -0.15) is 4.37 Å². The first kappa shape index (κ1) is 12.1. The van der Waals surface area contributed by atoms with E-state index in [9.17, 15) is 0 Å². The Morgan fingerprint density at radius 3 is 2.74 bits per heavy atom. The first-order chi connectivity index (χ1) is 9.25. The van der Waals surface area contributed by atoms with Crippen molar-refractivity contribution in [3.63, 3.8) is 0 Å². The van der Waals surface area contributed by atoms with Crippen LogP contribution in [0.2, 0.25) is 0 Å². The zero-order valence-electron chi connectivity index (χ0n) is 9.86. The van der Waals surface area contributed by atoms with Gasteiger partial charge in [-0.25, -0.2) is 0 Å². The number of alkyl halides is 2. The first-order valence-corrected chi connectivity index (χ1v) is 8.64. The minimum absolute atomic E-state index is 0.180. The molecule has 1 aromatic heterocycles. The predicted octanol–water partition coefficient (Wildman–Crippen LogP) is 5.66. The molecule has 1 heterocycles. The Morgan fingerprint density at radius 1 is 1.05 bits per heavy atom. The van der Waals surface area contributed by atoms with Crippen molar-refractivity contribution in [1.82, 2.24) is 4.37 Å². The van der Waals surface area contributed by atoms with E-state index >= 15 is 0 Å². The van der Waals surface area contributed by atoms with Gasteiger partial charge in [-0.15, -0.1) is 0 Å². The Balaban J connectivity index is 2.11. The topological polar surface area (TPSA) is 12.9 Å². The third kappa shape index (κ3) is 1.73. The van der Waals surface area contributed by atoms with Gasteiger partial charge in [0.05, 0.1) is 14.1 Å². The van der Waals surface area contributed by atoms with Crippen molar-refractivity contribution < 1.29 is 0 Å². The normalized spacial score (nSPS) is 13.0. The highest BCUT2D eigenvalue weighted by molar-refractivity contribution is 9.24. The molecule has 0 unspecified atom stereocenters. The lowest BCUT2D eigenvalue weighted by atomic mass is 9.88. The number of benzene rings is 2.